The third-order valence-corrected chi connectivity index (χ3v) is 3.08. The van der Waals surface area contributed by atoms with Crippen LogP contribution in [0.15, 0.2) is 35.2 Å². The van der Waals surface area contributed by atoms with Crippen molar-refractivity contribution in [1.29, 1.82) is 0 Å². The molecule has 72 valence electrons. The minimum atomic E-state index is 0.829. The van der Waals surface area contributed by atoms with E-state index in [0.717, 1.165) is 5.69 Å². The van der Waals surface area contributed by atoms with Crippen molar-refractivity contribution in [2.24, 2.45) is 0 Å². The van der Waals surface area contributed by atoms with Crippen molar-refractivity contribution in [2.75, 3.05) is 12.0 Å². The van der Waals surface area contributed by atoms with Gasteiger partial charge in [0.1, 0.15) is 0 Å². The molecule has 0 saturated carbocycles. The van der Waals surface area contributed by atoms with Gasteiger partial charge in [-0.2, -0.15) is 0 Å². The Bertz CT molecular complexity index is 472. The normalized spacial score (nSPS) is 10.7. The molecule has 0 amide bonds. The van der Waals surface area contributed by atoms with Crippen LogP contribution in [0.1, 0.15) is 5.56 Å². The SMILES string of the molecule is CSc1cc(C)cc2cc(N)ccc12. The van der Waals surface area contributed by atoms with Crippen LogP contribution < -0.4 is 5.73 Å². The molecule has 2 aromatic carbocycles. The summed E-state index contributed by atoms with van der Waals surface area (Å²) in [5.74, 6) is 0. The van der Waals surface area contributed by atoms with Crippen LogP contribution in [0.2, 0.25) is 0 Å². The van der Waals surface area contributed by atoms with Crippen LogP contribution in [0.4, 0.5) is 5.69 Å². The van der Waals surface area contributed by atoms with Crippen molar-refractivity contribution >= 4 is 28.2 Å². The molecule has 2 heteroatoms. The van der Waals surface area contributed by atoms with Crippen molar-refractivity contribution in [3.63, 3.8) is 0 Å². The van der Waals surface area contributed by atoms with E-state index in [0.29, 0.717) is 0 Å². The topological polar surface area (TPSA) is 26.0 Å². The van der Waals surface area contributed by atoms with Crippen LogP contribution in [0, 0.1) is 6.92 Å². The predicted octanol–water partition coefficient (Wildman–Crippen LogP) is 3.45. The molecule has 0 aliphatic carbocycles. The minimum Gasteiger partial charge on any atom is -0.399 e. The summed E-state index contributed by atoms with van der Waals surface area (Å²) in [4.78, 5) is 1.32. The maximum atomic E-state index is 5.76. The van der Waals surface area contributed by atoms with E-state index in [9.17, 15) is 0 Å². The summed E-state index contributed by atoms with van der Waals surface area (Å²) < 4.78 is 0. The fourth-order valence-corrected chi connectivity index (χ4v) is 2.37. The van der Waals surface area contributed by atoms with Gasteiger partial charge in [-0.05, 0) is 47.7 Å². The number of rotatable bonds is 1. The zero-order valence-corrected chi connectivity index (χ0v) is 9.19. The summed E-state index contributed by atoms with van der Waals surface area (Å²) in [7, 11) is 0. The number of fused-ring (bicyclic) bond motifs is 1. The lowest BCUT2D eigenvalue weighted by Gasteiger charge is -2.06. The molecule has 0 saturated heterocycles. The summed E-state index contributed by atoms with van der Waals surface area (Å²) in [6.45, 7) is 2.11. The van der Waals surface area contributed by atoms with Gasteiger partial charge in [-0.1, -0.05) is 12.1 Å². The first kappa shape index (κ1) is 9.41. The second-order valence-corrected chi connectivity index (χ2v) is 4.30. The number of nitrogen functional groups attached to an aromatic ring is 1. The molecule has 0 radical (unpaired) electrons. The van der Waals surface area contributed by atoms with E-state index in [2.05, 4.69) is 31.4 Å². The third-order valence-electron chi connectivity index (χ3n) is 2.30. The molecule has 1 nitrogen and oxygen atoms in total. The zero-order chi connectivity index (χ0) is 10.1. The molecule has 0 fully saturated rings. The van der Waals surface area contributed by atoms with E-state index >= 15 is 0 Å². The molecule has 0 atom stereocenters. The Morgan fingerprint density at radius 1 is 1.14 bits per heavy atom. The summed E-state index contributed by atoms with van der Waals surface area (Å²) >= 11 is 1.78. The molecule has 0 aliphatic rings. The smallest absolute Gasteiger partial charge is 0.0320 e. The van der Waals surface area contributed by atoms with Gasteiger partial charge in [-0.25, -0.2) is 0 Å². The van der Waals surface area contributed by atoms with E-state index in [-0.39, 0.29) is 0 Å². The fourth-order valence-electron chi connectivity index (χ4n) is 1.67. The van der Waals surface area contributed by atoms with Gasteiger partial charge in [0.15, 0.2) is 0 Å². The Kier molecular flexibility index (Phi) is 2.38. The maximum Gasteiger partial charge on any atom is 0.0320 e. The molecule has 14 heavy (non-hydrogen) atoms. The zero-order valence-electron chi connectivity index (χ0n) is 8.37. The van der Waals surface area contributed by atoms with Crippen molar-refractivity contribution in [1.82, 2.24) is 0 Å². The third kappa shape index (κ3) is 1.58. The highest BCUT2D eigenvalue weighted by Crippen LogP contribution is 2.29. The molecule has 2 rings (SSSR count). The Hall–Kier alpha value is -1.15. The average molecular weight is 203 g/mol. The minimum absolute atomic E-state index is 0.829. The number of benzene rings is 2. The van der Waals surface area contributed by atoms with Crippen molar-refractivity contribution in [3.05, 3.63) is 35.9 Å². The number of nitrogens with two attached hydrogens (primary N) is 1. The van der Waals surface area contributed by atoms with Crippen molar-refractivity contribution in [3.8, 4) is 0 Å². The first-order valence-corrected chi connectivity index (χ1v) is 5.77. The summed E-state index contributed by atoms with van der Waals surface area (Å²) in [5.41, 5.74) is 7.87. The Morgan fingerprint density at radius 2 is 1.93 bits per heavy atom. The Morgan fingerprint density at radius 3 is 2.64 bits per heavy atom. The number of hydrogen-bond donors (Lipinski definition) is 1. The average Bonchev–Trinajstić information content (AvgIpc) is 2.15. The van der Waals surface area contributed by atoms with Gasteiger partial charge in [0.2, 0.25) is 0 Å². The Labute approximate surface area is 88.3 Å². The molecular formula is C12H13NS. The highest BCUT2D eigenvalue weighted by atomic mass is 32.2. The van der Waals surface area contributed by atoms with Gasteiger partial charge >= 0.3 is 0 Å². The van der Waals surface area contributed by atoms with Crippen LogP contribution in [0.25, 0.3) is 10.8 Å². The standard InChI is InChI=1S/C12H13NS/c1-8-5-9-7-10(13)3-4-11(9)12(6-8)14-2/h3-7H,13H2,1-2H3. The number of thioether (sulfide) groups is 1. The predicted molar refractivity (Wildman–Crippen MR) is 64.9 cm³/mol. The lowest BCUT2D eigenvalue weighted by molar-refractivity contribution is 1.42. The van der Waals surface area contributed by atoms with Gasteiger partial charge in [0, 0.05) is 10.6 Å². The van der Waals surface area contributed by atoms with E-state index in [1.807, 2.05) is 12.1 Å². The quantitative estimate of drug-likeness (QED) is 0.567. The molecule has 2 N–H and O–H groups in total. The second-order valence-electron chi connectivity index (χ2n) is 3.45. The molecule has 0 unspecified atom stereocenters. The summed E-state index contributed by atoms with van der Waals surface area (Å²) in [5, 5.41) is 2.52. The largest absolute Gasteiger partial charge is 0.399 e. The number of hydrogen-bond acceptors (Lipinski definition) is 2. The van der Waals surface area contributed by atoms with Crippen LogP contribution in [0.5, 0.6) is 0 Å². The van der Waals surface area contributed by atoms with Gasteiger partial charge < -0.3 is 5.73 Å². The van der Waals surface area contributed by atoms with Gasteiger partial charge in [-0.3, -0.25) is 0 Å². The summed E-state index contributed by atoms with van der Waals surface area (Å²) in [6, 6.07) is 10.5. The molecule has 0 heterocycles. The van der Waals surface area contributed by atoms with E-state index < -0.39 is 0 Å². The van der Waals surface area contributed by atoms with Crippen LogP contribution in [-0.2, 0) is 0 Å². The molecule has 2 aromatic rings. The lowest BCUT2D eigenvalue weighted by atomic mass is 10.1. The molecular weight excluding hydrogens is 190 g/mol. The van der Waals surface area contributed by atoms with Gasteiger partial charge in [0.05, 0.1) is 0 Å². The first-order chi connectivity index (χ1) is 6.70. The highest BCUT2D eigenvalue weighted by Gasteiger charge is 2.01. The van der Waals surface area contributed by atoms with Crippen LogP contribution in [0.3, 0.4) is 0 Å². The van der Waals surface area contributed by atoms with Gasteiger partial charge in [0.25, 0.3) is 0 Å². The lowest BCUT2D eigenvalue weighted by Crippen LogP contribution is -1.86. The van der Waals surface area contributed by atoms with Crippen molar-refractivity contribution < 1.29 is 0 Å². The molecule has 0 aromatic heterocycles. The van der Waals surface area contributed by atoms with E-state index in [4.69, 9.17) is 5.73 Å². The van der Waals surface area contributed by atoms with Crippen LogP contribution >= 0.6 is 11.8 Å². The van der Waals surface area contributed by atoms with Crippen molar-refractivity contribution in [2.45, 2.75) is 11.8 Å². The van der Waals surface area contributed by atoms with E-state index in [1.54, 1.807) is 11.8 Å². The molecule has 0 aliphatic heterocycles. The number of aryl methyl sites for hydroxylation is 1. The summed E-state index contributed by atoms with van der Waals surface area (Å²) in [6.07, 6.45) is 2.10. The second kappa shape index (κ2) is 3.54. The van der Waals surface area contributed by atoms with E-state index in [1.165, 1.54) is 21.2 Å². The first-order valence-electron chi connectivity index (χ1n) is 4.54. The fraction of sp³-hybridized carbons (Fsp3) is 0.167. The maximum absolute atomic E-state index is 5.76. The number of anilines is 1. The van der Waals surface area contributed by atoms with Crippen LogP contribution in [-0.4, -0.2) is 6.26 Å². The van der Waals surface area contributed by atoms with Gasteiger partial charge in [-0.15, -0.1) is 11.8 Å². The highest BCUT2D eigenvalue weighted by molar-refractivity contribution is 7.98. The Balaban J connectivity index is 2.81. The monoisotopic (exact) mass is 203 g/mol. The molecule has 0 bridgehead atoms. The molecule has 0 spiro atoms.